The van der Waals surface area contributed by atoms with E-state index in [1.165, 1.54) is 13.3 Å². The molecule has 9 nitrogen and oxygen atoms in total. The van der Waals surface area contributed by atoms with Crippen LogP contribution in [0.5, 0.6) is 5.88 Å². The van der Waals surface area contributed by atoms with E-state index in [0.717, 1.165) is 11.3 Å². The van der Waals surface area contributed by atoms with Crippen LogP contribution in [0.3, 0.4) is 0 Å². The number of amides is 1. The summed E-state index contributed by atoms with van der Waals surface area (Å²) in [5.74, 6) is 0.525. The third-order valence-electron chi connectivity index (χ3n) is 3.38. The molecule has 2 aromatic heterocycles. The van der Waals surface area contributed by atoms with Crippen LogP contribution in [-0.4, -0.2) is 33.9 Å². The highest BCUT2D eigenvalue weighted by Gasteiger charge is 2.24. The van der Waals surface area contributed by atoms with Gasteiger partial charge in [-0.25, -0.2) is 15.0 Å². The number of nitrogens with two attached hydrogens (primary N) is 2. The van der Waals surface area contributed by atoms with Crippen molar-refractivity contribution in [3.8, 4) is 5.88 Å². The summed E-state index contributed by atoms with van der Waals surface area (Å²) in [4.78, 5) is 28.6. The molecule has 1 amide bonds. The van der Waals surface area contributed by atoms with E-state index in [0.29, 0.717) is 27.2 Å². The summed E-state index contributed by atoms with van der Waals surface area (Å²) in [7, 11) is 1.53. The lowest BCUT2D eigenvalue weighted by Gasteiger charge is -2.19. The number of guanidine groups is 1. The Morgan fingerprint density at radius 1 is 1.41 bits per heavy atom. The van der Waals surface area contributed by atoms with E-state index < -0.39 is 11.4 Å². The molecule has 142 valence electrons. The minimum absolute atomic E-state index is 0.150. The van der Waals surface area contributed by atoms with Gasteiger partial charge < -0.3 is 21.5 Å². The molecule has 10 heteroatoms. The van der Waals surface area contributed by atoms with Crippen molar-refractivity contribution >= 4 is 28.8 Å². The molecule has 0 atom stereocenters. The van der Waals surface area contributed by atoms with Crippen LogP contribution < -0.4 is 21.5 Å². The van der Waals surface area contributed by atoms with Crippen molar-refractivity contribution in [2.45, 2.75) is 19.4 Å². The average molecular weight is 387 g/mol. The highest BCUT2D eigenvalue weighted by atomic mass is 32.1. The van der Waals surface area contributed by atoms with Gasteiger partial charge >= 0.3 is 0 Å². The van der Waals surface area contributed by atoms with Crippen LogP contribution >= 0.6 is 11.3 Å². The zero-order valence-electron chi connectivity index (χ0n) is 15.3. The Hall–Kier alpha value is -3.27. The van der Waals surface area contributed by atoms with Crippen LogP contribution in [0.25, 0.3) is 5.57 Å². The Morgan fingerprint density at radius 2 is 2.15 bits per heavy atom. The first-order valence-corrected chi connectivity index (χ1v) is 8.66. The van der Waals surface area contributed by atoms with Gasteiger partial charge in [0, 0.05) is 24.0 Å². The molecule has 27 heavy (non-hydrogen) atoms. The van der Waals surface area contributed by atoms with E-state index in [9.17, 15) is 4.79 Å². The molecule has 0 unspecified atom stereocenters. The van der Waals surface area contributed by atoms with E-state index >= 15 is 0 Å². The zero-order valence-corrected chi connectivity index (χ0v) is 16.1. The zero-order chi connectivity index (χ0) is 20.0. The van der Waals surface area contributed by atoms with E-state index in [-0.39, 0.29) is 5.96 Å². The maximum absolute atomic E-state index is 11.2. The van der Waals surface area contributed by atoms with Gasteiger partial charge in [-0.1, -0.05) is 12.7 Å². The first-order chi connectivity index (χ1) is 12.8. The molecule has 0 aliphatic rings. The third kappa shape index (κ3) is 5.11. The number of primary amides is 1. The van der Waals surface area contributed by atoms with Crippen molar-refractivity contribution in [2.75, 3.05) is 7.11 Å². The standard InChI is InChI=1S/C17H21N7O2S/c1-5-10(14-21-9-11(27-14)13(18)25)8-22-16(19)24-17(2,3)15-20-7-6-12(23-15)26-4/h5-9H,1H2,2-4H3,(H2,18,25)(H3,19,22,24)/b10-8+. The van der Waals surface area contributed by atoms with Crippen molar-refractivity contribution < 1.29 is 9.53 Å². The summed E-state index contributed by atoms with van der Waals surface area (Å²) in [5.41, 5.74) is 11.1. The second-order valence-electron chi connectivity index (χ2n) is 5.82. The molecule has 0 aromatic carbocycles. The fourth-order valence-corrected chi connectivity index (χ4v) is 2.79. The molecule has 0 aliphatic heterocycles. The van der Waals surface area contributed by atoms with Crippen LogP contribution in [0.15, 0.2) is 42.3 Å². The molecule has 2 rings (SSSR count). The van der Waals surface area contributed by atoms with Crippen molar-refractivity contribution in [3.63, 3.8) is 0 Å². The van der Waals surface area contributed by atoms with Crippen LogP contribution in [0.2, 0.25) is 0 Å². The number of aliphatic imine (C=N–C) groups is 1. The smallest absolute Gasteiger partial charge is 0.260 e. The highest BCUT2D eigenvalue weighted by molar-refractivity contribution is 7.14. The number of allylic oxidation sites excluding steroid dienone is 2. The number of rotatable bonds is 7. The summed E-state index contributed by atoms with van der Waals surface area (Å²) in [6.45, 7) is 7.39. The van der Waals surface area contributed by atoms with Gasteiger partial charge in [-0.2, -0.15) is 4.98 Å². The molecule has 0 saturated carbocycles. The van der Waals surface area contributed by atoms with Gasteiger partial charge in [-0.05, 0) is 13.8 Å². The molecule has 0 aliphatic carbocycles. The second kappa shape index (κ2) is 8.41. The molecule has 2 aromatic rings. The number of nitrogens with one attached hydrogen (secondary N) is 1. The summed E-state index contributed by atoms with van der Waals surface area (Å²) in [6.07, 6.45) is 6.19. The number of carbonyl (C=O) groups is 1. The average Bonchev–Trinajstić information content (AvgIpc) is 3.12. The van der Waals surface area contributed by atoms with Gasteiger partial charge in [0.05, 0.1) is 13.3 Å². The number of hydrogen-bond donors (Lipinski definition) is 3. The molecule has 0 bridgehead atoms. The lowest BCUT2D eigenvalue weighted by Crippen LogP contribution is -2.32. The van der Waals surface area contributed by atoms with E-state index in [1.807, 2.05) is 13.8 Å². The fourth-order valence-electron chi connectivity index (χ4n) is 2.02. The van der Waals surface area contributed by atoms with Crippen molar-refractivity contribution in [2.24, 2.45) is 16.5 Å². The molecular formula is C17H21N7O2S. The van der Waals surface area contributed by atoms with Crippen molar-refractivity contribution in [1.82, 2.24) is 20.3 Å². The number of methoxy groups -OCH3 is 1. The number of ether oxygens (including phenoxy) is 1. The third-order valence-corrected chi connectivity index (χ3v) is 4.44. The molecular weight excluding hydrogens is 366 g/mol. The lowest BCUT2D eigenvalue weighted by atomic mass is 10.1. The van der Waals surface area contributed by atoms with Gasteiger partial charge in [-0.3, -0.25) is 4.79 Å². The summed E-state index contributed by atoms with van der Waals surface area (Å²) in [5, 5.41) is 3.46. The van der Waals surface area contributed by atoms with E-state index in [1.54, 1.807) is 24.5 Å². The quantitative estimate of drug-likeness (QED) is 0.370. The molecule has 2 heterocycles. The Labute approximate surface area is 160 Å². The first-order valence-electron chi connectivity index (χ1n) is 7.85. The largest absolute Gasteiger partial charge is 0.481 e. The maximum Gasteiger partial charge on any atom is 0.260 e. The number of hydrogen-bond acceptors (Lipinski definition) is 7. The van der Waals surface area contributed by atoms with Crippen LogP contribution in [0, 0.1) is 0 Å². The Bertz CT molecular complexity index is 902. The van der Waals surface area contributed by atoms with E-state index in [2.05, 4.69) is 31.8 Å². The highest BCUT2D eigenvalue weighted by Crippen LogP contribution is 2.23. The molecule has 0 spiro atoms. The molecule has 0 fully saturated rings. The molecule has 5 N–H and O–H groups in total. The van der Waals surface area contributed by atoms with Crippen LogP contribution in [-0.2, 0) is 5.54 Å². The van der Waals surface area contributed by atoms with Crippen molar-refractivity contribution in [3.05, 3.63) is 53.0 Å². The Morgan fingerprint density at radius 3 is 2.74 bits per heavy atom. The fraction of sp³-hybridized carbons (Fsp3) is 0.235. The second-order valence-corrected chi connectivity index (χ2v) is 6.85. The predicted octanol–water partition coefficient (Wildman–Crippen LogP) is 1.41. The monoisotopic (exact) mass is 387 g/mol. The lowest BCUT2D eigenvalue weighted by molar-refractivity contribution is 0.100. The van der Waals surface area contributed by atoms with Gasteiger partial charge in [0.25, 0.3) is 5.91 Å². The maximum atomic E-state index is 11.2. The summed E-state index contributed by atoms with van der Waals surface area (Å²) < 4.78 is 5.11. The first kappa shape index (κ1) is 20.0. The number of carbonyl (C=O) groups excluding carboxylic acids is 1. The SMILES string of the molecule is C=C/C(=C\NC(N)=NC(C)(C)c1nccc(OC)n1)c1ncc(C(N)=O)s1. The van der Waals surface area contributed by atoms with Gasteiger partial charge in [0.1, 0.15) is 15.4 Å². The Kier molecular flexibility index (Phi) is 6.24. The van der Waals surface area contributed by atoms with Gasteiger partial charge in [0.2, 0.25) is 5.88 Å². The van der Waals surface area contributed by atoms with Crippen LogP contribution in [0.1, 0.15) is 34.4 Å². The van der Waals surface area contributed by atoms with Crippen LogP contribution in [0.4, 0.5) is 0 Å². The number of aromatic nitrogens is 3. The topological polar surface area (TPSA) is 141 Å². The molecule has 0 saturated heterocycles. The normalized spacial score (nSPS) is 12.6. The minimum Gasteiger partial charge on any atom is -0.481 e. The molecule has 0 radical (unpaired) electrons. The van der Waals surface area contributed by atoms with Gasteiger partial charge in [0.15, 0.2) is 11.8 Å². The van der Waals surface area contributed by atoms with E-state index in [4.69, 9.17) is 16.2 Å². The summed E-state index contributed by atoms with van der Waals surface area (Å²) in [6, 6.07) is 1.65. The number of nitrogens with zero attached hydrogens (tertiary/aromatic N) is 4. The Balaban J connectivity index is 2.19. The minimum atomic E-state index is -0.784. The predicted molar refractivity (Wildman–Crippen MR) is 105 cm³/mol. The van der Waals surface area contributed by atoms with Gasteiger partial charge in [-0.15, -0.1) is 11.3 Å². The summed E-state index contributed by atoms with van der Waals surface area (Å²) >= 11 is 1.16. The number of thiazole rings is 1. The van der Waals surface area contributed by atoms with Crippen molar-refractivity contribution in [1.29, 1.82) is 0 Å².